The van der Waals surface area contributed by atoms with Crippen molar-refractivity contribution in [3.05, 3.63) is 0 Å². The van der Waals surface area contributed by atoms with Crippen LogP contribution in [0.3, 0.4) is 0 Å². The molecule has 5 nitrogen and oxygen atoms in total. The molecule has 0 saturated carbocycles. The van der Waals surface area contributed by atoms with Crippen molar-refractivity contribution < 1.29 is 36.0 Å². The average molecular weight is 286 g/mol. The summed E-state index contributed by atoms with van der Waals surface area (Å²) in [5.41, 5.74) is 0. The van der Waals surface area contributed by atoms with E-state index in [2.05, 4.69) is 0 Å². The smallest absolute Gasteiger partial charge is 0.362 e. The lowest BCUT2D eigenvalue weighted by atomic mass is 10.1. The molecule has 2 unspecified atom stereocenters. The number of carboxylic acids is 1. The van der Waals surface area contributed by atoms with Gasteiger partial charge in [0.25, 0.3) is 0 Å². The SMILES string of the molecule is CCCCC([NH2+]C1CCS(=O)(=O)C1)C(=O)O.[Cl-]. The fraction of sp³-hybridized carbons (Fsp3) is 0.900. The summed E-state index contributed by atoms with van der Waals surface area (Å²) >= 11 is 0. The number of hydrogen-bond acceptors (Lipinski definition) is 3. The van der Waals surface area contributed by atoms with Gasteiger partial charge in [-0.3, -0.25) is 0 Å². The molecule has 7 heteroatoms. The van der Waals surface area contributed by atoms with Crippen molar-refractivity contribution in [3.63, 3.8) is 0 Å². The maximum atomic E-state index is 11.2. The molecular weight excluding hydrogens is 266 g/mol. The van der Waals surface area contributed by atoms with Gasteiger partial charge in [0.1, 0.15) is 11.8 Å². The second-order valence-corrected chi connectivity index (χ2v) is 6.67. The first-order valence-electron chi connectivity index (χ1n) is 5.73. The zero-order chi connectivity index (χ0) is 12.2. The van der Waals surface area contributed by atoms with Crippen molar-refractivity contribution in [3.8, 4) is 0 Å². The molecular formula is C10H20ClNO4S. The van der Waals surface area contributed by atoms with E-state index in [0.29, 0.717) is 12.8 Å². The third-order valence-electron chi connectivity index (χ3n) is 2.96. The van der Waals surface area contributed by atoms with Crippen LogP contribution in [-0.4, -0.2) is 43.1 Å². The predicted octanol–water partition coefficient (Wildman–Crippen LogP) is -3.62. The number of aliphatic carboxylic acids is 1. The molecule has 0 amide bonds. The van der Waals surface area contributed by atoms with E-state index >= 15 is 0 Å². The molecule has 2 atom stereocenters. The van der Waals surface area contributed by atoms with Gasteiger partial charge in [-0.15, -0.1) is 0 Å². The zero-order valence-corrected chi connectivity index (χ0v) is 11.5. The van der Waals surface area contributed by atoms with Crippen LogP contribution in [-0.2, 0) is 14.6 Å². The first kappa shape index (κ1) is 16.7. The van der Waals surface area contributed by atoms with Gasteiger partial charge in [-0.1, -0.05) is 13.3 Å². The predicted molar refractivity (Wildman–Crippen MR) is 59.9 cm³/mol. The molecule has 1 aliphatic heterocycles. The maximum absolute atomic E-state index is 11.2. The topological polar surface area (TPSA) is 88.0 Å². The van der Waals surface area contributed by atoms with Gasteiger partial charge in [-0.25, -0.2) is 13.2 Å². The fourth-order valence-electron chi connectivity index (χ4n) is 2.03. The number of halogens is 1. The van der Waals surface area contributed by atoms with Gasteiger partial charge < -0.3 is 22.8 Å². The molecule has 3 N–H and O–H groups in total. The van der Waals surface area contributed by atoms with Crippen molar-refractivity contribution in [1.29, 1.82) is 0 Å². The molecule has 102 valence electrons. The Balaban J connectivity index is 0.00000256. The van der Waals surface area contributed by atoms with Gasteiger partial charge in [0.2, 0.25) is 0 Å². The number of nitrogens with two attached hydrogens (primary N) is 1. The highest BCUT2D eigenvalue weighted by atomic mass is 35.5. The summed E-state index contributed by atoms with van der Waals surface area (Å²) in [4.78, 5) is 11.0. The molecule has 0 radical (unpaired) electrons. The van der Waals surface area contributed by atoms with Crippen LogP contribution in [0.5, 0.6) is 0 Å². The minimum atomic E-state index is -2.91. The fourth-order valence-corrected chi connectivity index (χ4v) is 3.79. The standard InChI is InChI=1S/C10H19NO4S.ClH/c1-2-3-4-9(10(12)13)11-8-5-6-16(14,15)7-8;/h8-9,11H,2-7H2,1H3,(H,12,13);1H. The van der Waals surface area contributed by atoms with E-state index in [0.717, 1.165) is 12.8 Å². The van der Waals surface area contributed by atoms with Gasteiger partial charge in [-0.05, 0) is 6.42 Å². The van der Waals surface area contributed by atoms with E-state index in [9.17, 15) is 13.2 Å². The molecule has 0 aliphatic carbocycles. The third kappa shape index (κ3) is 5.70. The van der Waals surface area contributed by atoms with Crippen LogP contribution in [0, 0.1) is 0 Å². The van der Waals surface area contributed by atoms with E-state index in [-0.39, 0.29) is 30.0 Å². The van der Waals surface area contributed by atoms with Crippen molar-refractivity contribution in [2.24, 2.45) is 0 Å². The zero-order valence-electron chi connectivity index (χ0n) is 9.93. The number of hydrogen-bond donors (Lipinski definition) is 2. The molecule has 1 saturated heterocycles. The van der Waals surface area contributed by atoms with Gasteiger partial charge in [0, 0.05) is 12.8 Å². The summed E-state index contributed by atoms with van der Waals surface area (Å²) in [6, 6.07) is -0.554. The maximum Gasteiger partial charge on any atom is 0.362 e. The number of rotatable bonds is 6. The largest absolute Gasteiger partial charge is 1.00 e. The van der Waals surface area contributed by atoms with Gasteiger partial charge in [0.15, 0.2) is 15.9 Å². The number of carboxylic acid groups (broad SMARTS) is 1. The van der Waals surface area contributed by atoms with Gasteiger partial charge in [0.05, 0.1) is 5.75 Å². The highest BCUT2D eigenvalue weighted by Crippen LogP contribution is 2.08. The second kappa shape index (κ2) is 7.18. The highest BCUT2D eigenvalue weighted by molar-refractivity contribution is 7.91. The van der Waals surface area contributed by atoms with E-state index in [1.165, 1.54) is 0 Å². The van der Waals surface area contributed by atoms with Crippen LogP contribution in [0.2, 0.25) is 0 Å². The van der Waals surface area contributed by atoms with Crippen molar-refractivity contribution in [2.45, 2.75) is 44.7 Å². The average Bonchev–Trinajstić information content (AvgIpc) is 2.52. The Morgan fingerprint density at radius 1 is 1.53 bits per heavy atom. The molecule has 1 rings (SSSR count). The Morgan fingerprint density at radius 3 is 2.59 bits per heavy atom. The number of carbonyl (C=O) groups is 1. The molecule has 17 heavy (non-hydrogen) atoms. The Labute approximate surface area is 108 Å². The molecule has 0 bridgehead atoms. The van der Waals surface area contributed by atoms with E-state index < -0.39 is 21.8 Å². The summed E-state index contributed by atoms with van der Waals surface area (Å²) in [5, 5.41) is 10.7. The molecule has 0 aromatic rings. The van der Waals surface area contributed by atoms with E-state index in [4.69, 9.17) is 5.11 Å². The second-order valence-electron chi connectivity index (χ2n) is 4.44. The Kier molecular flexibility index (Phi) is 7.04. The first-order valence-corrected chi connectivity index (χ1v) is 7.55. The van der Waals surface area contributed by atoms with Gasteiger partial charge in [-0.2, -0.15) is 0 Å². The third-order valence-corrected chi connectivity index (χ3v) is 4.75. The molecule has 0 aromatic carbocycles. The van der Waals surface area contributed by atoms with Gasteiger partial charge >= 0.3 is 5.97 Å². The van der Waals surface area contributed by atoms with Crippen LogP contribution < -0.4 is 17.7 Å². The summed E-state index contributed by atoms with van der Waals surface area (Å²) in [6.07, 6.45) is 3.02. The molecule has 0 spiro atoms. The van der Waals surface area contributed by atoms with E-state index in [1.807, 2.05) is 6.92 Å². The van der Waals surface area contributed by atoms with Crippen LogP contribution in [0.25, 0.3) is 0 Å². The van der Waals surface area contributed by atoms with Crippen LogP contribution in [0.1, 0.15) is 32.6 Å². The molecule has 0 aromatic heterocycles. The number of unbranched alkanes of at least 4 members (excludes halogenated alkanes) is 1. The normalized spacial score (nSPS) is 23.9. The summed E-state index contributed by atoms with van der Waals surface area (Å²) < 4.78 is 22.5. The first-order chi connectivity index (χ1) is 7.44. The van der Waals surface area contributed by atoms with Crippen LogP contribution in [0.4, 0.5) is 0 Å². The lowest BCUT2D eigenvalue weighted by Gasteiger charge is -2.14. The molecule has 1 aliphatic rings. The Bertz CT molecular complexity index is 344. The van der Waals surface area contributed by atoms with Crippen LogP contribution >= 0.6 is 0 Å². The number of sulfone groups is 1. The number of quaternary nitrogens is 1. The van der Waals surface area contributed by atoms with Crippen molar-refractivity contribution in [2.75, 3.05) is 11.5 Å². The Hall–Kier alpha value is -0.330. The van der Waals surface area contributed by atoms with Crippen LogP contribution in [0.15, 0.2) is 0 Å². The quantitative estimate of drug-likeness (QED) is 0.528. The molecule has 1 heterocycles. The van der Waals surface area contributed by atoms with Crippen molar-refractivity contribution in [1.82, 2.24) is 0 Å². The minimum Gasteiger partial charge on any atom is -1.00 e. The Morgan fingerprint density at radius 2 is 2.18 bits per heavy atom. The van der Waals surface area contributed by atoms with E-state index in [1.54, 1.807) is 5.32 Å². The minimum absolute atomic E-state index is 0. The lowest BCUT2D eigenvalue weighted by molar-refractivity contribution is -0.706. The molecule has 1 fully saturated rings. The van der Waals surface area contributed by atoms with Crippen molar-refractivity contribution >= 4 is 15.8 Å². The summed E-state index contributed by atoms with van der Waals surface area (Å²) in [7, 11) is -2.91. The summed E-state index contributed by atoms with van der Waals surface area (Å²) in [6.45, 7) is 2.01. The summed E-state index contributed by atoms with van der Waals surface area (Å²) in [5.74, 6) is -0.505. The monoisotopic (exact) mass is 285 g/mol. The lowest BCUT2D eigenvalue weighted by Crippen LogP contribution is -3.00. The highest BCUT2D eigenvalue weighted by Gasteiger charge is 2.34.